The molecule has 2 aromatic rings. The molecule has 0 atom stereocenters. The second kappa shape index (κ2) is 5.63. The van der Waals surface area contributed by atoms with Crippen molar-refractivity contribution >= 4 is 15.9 Å². The first kappa shape index (κ1) is 13.2. The van der Waals surface area contributed by atoms with Gasteiger partial charge in [0.1, 0.15) is 0 Å². The van der Waals surface area contributed by atoms with E-state index in [0.29, 0.717) is 24.3 Å². The van der Waals surface area contributed by atoms with E-state index in [9.17, 15) is 0 Å². The fourth-order valence-electron chi connectivity index (χ4n) is 1.61. The molecule has 1 aromatic heterocycles. The summed E-state index contributed by atoms with van der Waals surface area (Å²) in [5.41, 5.74) is 2.12. The van der Waals surface area contributed by atoms with E-state index in [-0.39, 0.29) is 0 Å². The summed E-state index contributed by atoms with van der Waals surface area (Å²) in [6.07, 6.45) is 0. The van der Waals surface area contributed by atoms with Crippen LogP contribution in [-0.2, 0) is 6.54 Å². The molecule has 2 rings (SSSR count). The maximum Gasteiger partial charge on any atom is 0.240 e. The number of hydrogen-bond donors (Lipinski definition) is 1. The molecule has 1 N–H and O–H groups in total. The molecule has 0 radical (unpaired) electrons. The van der Waals surface area contributed by atoms with Crippen molar-refractivity contribution in [3.8, 4) is 11.4 Å². The highest BCUT2D eigenvalue weighted by atomic mass is 79.9. The quantitative estimate of drug-likeness (QED) is 0.941. The van der Waals surface area contributed by atoms with Crippen molar-refractivity contribution in [2.24, 2.45) is 0 Å². The molecule has 4 nitrogen and oxygen atoms in total. The Balaban J connectivity index is 2.18. The normalized spacial score (nSPS) is 11.2. The molecule has 18 heavy (non-hydrogen) atoms. The fourth-order valence-corrected chi connectivity index (χ4v) is 2.08. The Morgan fingerprint density at radius 3 is 2.83 bits per heavy atom. The van der Waals surface area contributed by atoms with Gasteiger partial charge in [0.2, 0.25) is 11.7 Å². The van der Waals surface area contributed by atoms with Gasteiger partial charge in [-0.25, -0.2) is 0 Å². The van der Waals surface area contributed by atoms with Gasteiger partial charge in [-0.05, 0) is 30.7 Å². The van der Waals surface area contributed by atoms with Gasteiger partial charge in [-0.2, -0.15) is 4.98 Å². The SMILES string of the molecule is Cc1cc(Br)ccc1-c1noc(CNC(C)C)n1. The second-order valence-electron chi connectivity index (χ2n) is 4.51. The Morgan fingerprint density at radius 2 is 2.17 bits per heavy atom. The van der Waals surface area contributed by atoms with Crippen LogP contribution in [0.25, 0.3) is 11.4 Å². The zero-order valence-corrected chi connectivity index (χ0v) is 12.3. The molecule has 1 aromatic carbocycles. The number of halogens is 1. The predicted molar refractivity (Wildman–Crippen MR) is 74.1 cm³/mol. The molecule has 5 heteroatoms. The average molecular weight is 310 g/mol. The van der Waals surface area contributed by atoms with E-state index in [4.69, 9.17) is 4.52 Å². The molecular formula is C13H16BrN3O. The van der Waals surface area contributed by atoms with Crippen LogP contribution in [-0.4, -0.2) is 16.2 Å². The topological polar surface area (TPSA) is 51.0 Å². The minimum atomic E-state index is 0.398. The van der Waals surface area contributed by atoms with Gasteiger partial charge in [-0.1, -0.05) is 34.9 Å². The van der Waals surface area contributed by atoms with Crippen molar-refractivity contribution in [3.05, 3.63) is 34.1 Å². The first-order valence-electron chi connectivity index (χ1n) is 5.89. The zero-order chi connectivity index (χ0) is 13.1. The number of nitrogens with zero attached hydrogens (tertiary/aromatic N) is 2. The van der Waals surface area contributed by atoms with Crippen molar-refractivity contribution in [1.82, 2.24) is 15.5 Å². The van der Waals surface area contributed by atoms with Crippen LogP contribution in [0.15, 0.2) is 27.2 Å². The maximum atomic E-state index is 5.22. The van der Waals surface area contributed by atoms with Crippen molar-refractivity contribution in [1.29, 1.82) is 0 Å². The number of aryl methyl sites for hydroxylation is 1. The van der Waals surface area contributed by atoms with Crippen LogP contribution in [0.1, 0.15) is 25.3 Å². The smallest absolute Gasteiger partial charge is 0.240 e. The van der Waals surface area contributed by atoms with Gasteiger partial charge in [0.25, 0.3) is 0 Å². The number of hydrogen-bond acceptors (Lipinski definition) is 4. The monoisotopic (exact) mass is 309 g/mol. The minimum Gasteiger partial charge on any atom is -0.338 e. The molecule has 0 bridgehead atoms. The van der Waals surface area contributed by atoms with Gasteiger partial charge >= 0.3 is 0 Å². The average Bonchev–Trinajstić information content (AvgIpc) is 2.75. The van der Waals surface area contributed by atoms with Crippen LogP contribution in [0.4, 0.5) is 0 Å². The first-order valence-corrected chi connectivity index (χ1v) is 6.68. The zero-order valence-electron chi connectivity index (χ0n) is 10.7. The van der Waals surface area contributed by atoms with Crippen LogP contribution in [0, 0.1) is 6.92 Å². The molecule has 0 fully saturated rings. The first-order chi connectivity index (χ1) is 8.56. The lowest BCUT2D eigenvalue weighted by Crippen LogP contribution is -2.21. The molecule has 0 saturated heterocycles. The molecular weight excluding hydrogens is 294 g/mol. The van der Waals surface area contributed by atoms with E-state index in [2.05, 4.69) is 45.2 Å². The van der Waals surface area contributed by atoms with E-state index in [1.165, 1.54) is 0 Å². The maximum absolute atomic E-state index is 5.22. The van der Waals surface area contributed by atoms with Crippen molar-refractivity contribution < 1.29 is 4.52 Å². The highest BCUT2D eigenvalue weighted by Gasteiger charge is 2.11. The van der Waals surface area contributed by atoms with Crippen molar-refractivity contribution in [2.45, 2.75) is 33.4 Å². The highest BCUT2D eigenvalue weighted by Crippen LogP contribution is 2.23. The van der Waals surface area contributed by atoms with Crippen LogP contribution in [0.3, 0.4) is 0 Å². The van der Waals surface area contributed by atoms with Crippen LogP contribution in [0.5, 0.6) is 0 Å². The minimum absolute atomic E-state index is 0.398. The molecule has 1 heterocycles. The van der Waals surface area contributed by atoms with Gasteiger partial charge in [0, 0.05) is 16.1 Å². The molecule has 0 unspecified atom stereocenters. The summed E-state index contributed by atoms with van der Waals surface area (Å²) in [6.45, 7) is 6.79. The van der Waals surface area contributed by atoms with Crippen molar-refractivity contribution in [3.63, 3.8) is 0 Å². The van der Waals surface area contributed by atoms with Crippen LogP contribution in [0.2, 0.25) is 0 Å². The summed E-state index contributed by atoms with van der Waals surface area (Å²) in [6, 6.07) is 6.40. The Morgan fingerprint density at radius 1 is 1.39 bits per heavy atom. The van der Waals surface area contributed by atoms with E-state index in [1.54, 1.807) is 0 Å². The summed E-state index contributed by atoms with van der Waals surface area (Å²) >= 11 is 3.44. The predicted octanol–water partition coefficient (Wildman–Crippen LogP) is 3.31. The van der Waals surface area contributed by atoms with Gasteiger partial charge in [-0.3, -0.25) is 0 Å². The van der Waals surface area contributed by atoms with Crippen molar-refractivity contribution in [2.75, 3.05) is 0 Å². The lowest BCUT2D eigenvalue weighted by atomic mass is 10.1. The van der Waals surface area contributed by atoms with E-state index in [0.717, 1.165) is 15.6 Å². The highest BCUT2D eigenvalue weighted by molar-refractivity contribution is 9.10. The third-order valence-corrected chi connectivity index (χ3v) is 3.05. The summed E-state index contributed by atoms with van der Waals surface area (Å²) in [4.78, 5) is 4.39. The molecule has 0 aliphatic carbocycles. The summed E-state index contributed by atoms with van der Waals surface area (Å²) in [5, 5.41) is 7.26. The Kier molecular flexibility index (Phi) is 4.14. The lowest BCUT2D eigenvalue weighted by Gasteiger charge is -2.03. The number of nitrogens with one attached hydrogen (secondary N) is 1. The largest absolute Gasteiger partial charge is 0.338 e. The third-order valence-electron chi connectivity index (χ3n) is 2.56. The fraction of sp³-hybridized carbons (Fsp3) is 0.385. The number of aromatic nitrogens is 2. The number of rotatable bonds is 4. The second-order valence-corrected chi connectivity index (χ2v) is 5.42. The standard InChI is InChI=1S/C13H16BrN3O/c1-8(2)15-7-12-16-13(17-18-12)11-5-4-10(14)6-9(11)3/h4-6,8,15H,7H2,1-3H3. The summed E-state index contributed by atoms with van der Waals surface area (Å²) in [5.74, 6) is 1.25. The Labute approximate surface area is 115 Å². The molecule has 96 valence electrons. The van der Waals surface area contributed by atoms with Gasteiger partial charge in [0.15, 0.2) is 0 Å². The van der Waals surface area contributed by atoms with Crippen LogP contribution >= 0.6 is 15.9 Å². The molecule has 0 aliphatic heterocycles. The van der Waals surface area contributed by atoms with E-state index < -0.39 is 0 Å². The summed E-state index contributed by atoms with van der Waals surface area (Å²) in [7, 11) is 0. The molecule has 0 saturated carbocycles. The summed E-state index contributed by atoms with van der Waals surface area (Å²) < 4.78 is 6.27. The Bertz CT molecular complexity index is 537. The van der Waals surface area contributed by atoms with Gasteiger partial charge < -0.3 is 9.84 Å². The molecule has 0 aliphatic rings. The molecule has 0 amide bonds. The third kappa shape index (κ3) is 3.17. The van der Waals surface area contributed by atoms with Gasteiger partial charge in [-0.15, -0.1) is 0 Å². The van der Waals surface area contributed by atoms with E-state index >= 15 is 0 Å². The Hall–Kier alpha value is -1.20. The van der Waals surface area contributed by atoms with Gasteiger partial charge in [0.05, 0.1) is 6.54 Å². The molecule has 0 spiro atoms. The van der Waals surface area contributed by atoms with Crippen LogP contribution < -0.4 is 5.32 Å². The van der Waals surface area contributed by atoms with E-state index in [1.807, 2.05) is 25.1 Å². The lowest BCUT2D eigenvalue weighted by molar-refractivity contribution is 0.362. The number of benzene rings is 1.